The van der Waals surface area contributed by atoms with E-state index in [0.29, 0.717) is 23.7 Å². The first kappa shape index (κ1) is 14.6. The van der Waals surface area contributed by atoms with Crippen molar-refractivity contribution in [2.45, 2.75) is 34.6 Å². The van der Waals surface area contributed by atoms with E-state index in [1.165, 1.54) is 0 Å². The summed E-state index contributed by atoms with van der Waals surface area (Å²) < 4.78 is 0. The smallest absolute Gasteiger partial charge is 0.253 e. The summed E-state index contributed by atoms with van der Waals surface area (Å²) in [6.07, 6.45) is 0. The number of hydrogen-bond donors (Lipinski definition) is 2. The van der Waals surface area contributed by atoms with E-state index in [-0.39, 0.29) is 11.3 Å². The number of carbonyl (C=O) groups excluding carboxylic acids is 1. The summed E-state index contributed by atoms with van der Waals surface area (Å²) in [7, 11) is 0. The number of nitrogen functional groups attached to an aromatic ring is 1. The number of aryl methyl sites for hydroxylation is 1. The van der Waals surface area contributed by atoms with Gasteiger partial charge in [-0.25, -0.2) is 0 Å². The van der Waals surface area contributed by atoms with Gasteiger partial charge in [-0.15, -0.1) is 0 Å². The molecule has 18 heavy (non-hydrogen) atoms. The molecule has 0 spiro atoms. The topological polar surface area (TPSA) is 55.1 Å². The summed E-state index contributed by atoms with van der Waals surface area (Å²) in [6, 6.07) is 5.52. The lowest BCUT2D eigenvalue weighted by molar-refractivity contribution is 0.0925. The van der Waals surface area contributed by atoms with E-state index in [1.54, 1.807) is 6.07 Å². The van der Waals surface area contributed by atoms with Crippen LogP contribution in [0, 0.1) is 18.3 Å². The zero-order chi connectivity index (χ0) is 13.9. The van der Waals surface area contributed by atoms with Gasteiger partial charge in [0.15, 0.2) is 0 Å². The molecule has 3 N–H and O–H groups in total. The second-order valence-electron chi connectivity index (χ2n) is 5.87. The Kier molecular flexibility index (Phi) is 4.38. The molecule has 0 heterocycles. The fourth-order valence-corrected chi connectivity index (χ4v) is 1.60. The van der Waals surface area contributed by atoms with E-state index in [0.717, 1.165) is 5.56 Å². The minimum Gasteiger partial charge on any atom is -0.398 e. The average molecular weight is 248 g/mol. The van der Waals surface area contributed by atoms with Gasteiger partial charge in [0.05, 0.1) is 5.56 Å². The maximum Gasteiger partial charge on any atom is 0.253 e. The predicted octanol–water partition coefficient (Wildman–Crippen LogP) is 2.99. The highest BCUT2D eigenvalue weighted by Crippen LogP contribution is 2.25. The van der Waals surface area contributed by atoms with Gasteiger partial charge in [0, 0.05) is 12.2 Å². The van der Waals surface area contributed by atoms with Crippen molar-refractivity contribution in [2.24, 2.45) is 11.3 Å². The molecule has 0 aliphatic rings. The third kappa shape index (κ3) is 3.25. The molecule has 0 fully saturated rings. The highest BCUT2D eigenvalue weighted by molar-refractivity contribution is 6.00. The van der Waals surface area contributed by atoms with E-state index in [1.807, 2.05) is 19.1 Å². The Bertz CT molecular complexity index is 416. The summed E-state index contributed by atoms with van der Waals surface area (Å²) in [5, 5.41) is 2.98. The number of rotatable bonds is 4. The summed E-state index contributed by atoms with van der Waals surface area (Å²) in [5.74, 6) is 0.423. The molecule has 0 bridgehead atoms. The molecule has 1 aromatic carbocycles. The van der Waals surface area contributed by atoms with Crippen molar-refractivity contribution in [2.75, 3.05) is 12.3 Å². The normalized spacial score (nSPS) is 11.7. The maximum atomic E-state index is 12.2. The lowest BCUT2D eigenvalue weighted by Crippen LogP contribution is -2.37. The number of nitrogens with two attached hydrogens (primary N) is 1. The molecular formula is C15H24N2O. The second kappa shape index (κ2) is 5.42. The zero-order valence-corrected chi connectivity index (χ0v) is 12.0. The molecule has 0 radical (unpaired) electrons. The van der Waals surface area contributed by atoms with Crippen molar-refractivity contribution in [3.8, 4) is 0 Å². The summed E-state index contributed by atoms with van der Waals surface area (Å²) in [5.41, 5.74) is 7.98. The zero-order valence-electron chi connectivity index (χ0n) is 12.0. The summed E-state index contributed by atoms with van der Waals surface area (Å²) in [4.78, 5) is 12.2. The van der Waals surface area contributed by atoms with Crippen LogP contribution in [-0.4, -0.2) is 12.5 Å². The van der Waals surface area contributed by atoms with E-state index in [2.05, 4.69) is 33.0 Å². The van der Waals surface area contributed by atoms with Crippen molar-refractivity contribution < 1.29 is 4.79 Å². The van der Waals surface area contributed by atoms with Crippen LogP contribution < -0.4 is 11.1 Å². The number of nitrogens with one attached hydrogen (secondary N) is 1. The third-order valence-electron chi connectivity index (χ3n) is 3.80. The second-order valence-corrected chi connectivity index (χ2v) is 5.87. The van der Waals surface area contributed by atoms with E-state index >= 15 is 0 Å². The van der Waals surface area contributed by atoms with E-state index < -0.39 is 0 Å². The standard InChI is InChI=1S/C15H24N2O/c1-10(2)15(4,5)9-17-14(18)13-11(3)7-6-8-12(13)16/h6-8,10H,9,16H2,1-5H3,(H,17,18). The predicted molar refractivity (Wildman–Crippen MR) is 76.5 cm³/mol. The number of carbonyl (C=O) groups is 1. The van der Waals surface area contributed by atoms with Gasteiger partial charge < -0.3 is 11.1 Å². The Morgan fingerprint density at radius 2 is 2.00 bits per heavy atom. The summed E-state index contributed by atoms with van der Waals surface area (Å²) in [6.45, 7) is 11.2. The van der Waals surface area contributed by atoms with Crippen LogP contribution in [0.15, 0.2) is 18.2 Å². The Labute approximate surface area is 110 Å². The van der Waals surface area contributed by atoms with Crippen molar-refractivity contribution >= 4 is 11.6 Å². The van der Waals surface area contributed by atoms with Crippen LogP contribution in [0.1, 0.15) is 43.6 Å². The molecule has 1 amide bonds. The quantitative estimate of drug-likeness (QED) is 0.805. The van der Waals surface area contributed by atoms with Gasteiger partial charge in [-0.2, -0.15) is 0 Å². The lowest BCUT2D eigenvalue weighted by atomic mass is 9.81. The van der Waals surface area contributed by atoms with Gasteiger partial charge in [-0.1, -0.05) is 39.8 Å². The highest BCUT2D eigenvalue weighted by atomic mass is 16.1. The first-order chi connectivity index (χ1) is 8.25. The van der Waals surface area contributed by atoms with Crippen molar-refractivity contribution in [1.82, 2.24) is 5.32 Å². The van der Waals surface area contributed by atoms with Gasteiger partial charge in [0.1, 0.15) is 0 Å². The monoisotopic (exact) mass is 248 g/mol. The Balaban J connectivity index is 2.79. The molecular weight excluding hydrogens is 224 g/mol. The van der Waals surface area contributed by atoms with Crippen LogP contribution in [-0.2, 0) is 0 Å². The van der Waals surface area contributed by atoms with Crippen LogP contribution in [0.5, 0.6) is 0 Å². The van der Waals surface area contributed by atoms with Crippen LogP contribution in [0.4, 0.5) is 5.69 Å². The largest absolute Gasteiger partial charge is 0.398 e. The molecule has 0 aliphatic carbocycles. The van der Waals surface area contributed by atoms with Crippen LogP contribution >= 0.6 is 0 Å². The molecule has 0 atom stereocenters. The van der Waals surface area contributed by atoms with Crippen molar-refractivity contribution in [3.05, 3.63) is 29.3 Å². The van der Waals surface area contributed by atoms with Crippen molar-refractivity contribution in [3.63, 3.8) is 0 Å². The minimum absolute atomic E-state index is 0.0765. The molecule has 0 aliphatic heterocycles. The third-order valence-corrected chi connectivity index (χ3v) is 3.80. The van der Waals surface area contributed by atoms with Gasteiger partial charge >= 0.3 is 0 Å². The fraction of sp³-hybridized carbons (Fsp3) is 0.533. The van der Waals surface area contributed by atoms with Gasteiger partial charge in [0.2, 0.25) is 0 Å². The first-order valence-corrected chi connectivity index (χ1v) is 6.39. The molecule has 0 saturated heterocycles. The molecule has 3 nitrogen and oxygen atoms in total. The number of benzene rings is 1. The van der Waals surface area contributed by atoms with Gasteiger partial charge in [0.25, 0.3) is 5.91 Å². The van der Waals surface area contributed by atoms with Crippen molar-refractivity contribution in [1.29, 1.82) is 0 Å². The van der Waals surface area contributed by atoms with Crippen LogP contribution in [0.3, 0.4) is 0 Å². The molecule has 1 aromatic rings. The van der Waals surface area contributed by atoms with Gasteiger partial charge in [-0.3, -0.25) is 4.79 Å². The van der Waals surface area contributed by atoms with Crippen LogP contribution in [0.2, 0.25) is 0 Å². The molecule has 100 valence electrons. The van der Waals surface area contributed by atoms with E-state index in [4.69, 9.17) is 5.73 Å². The fourth-order valence-electron chi connectivity index (χ4n) is 1.60. The Hall–Kier alpha value is -1.51. The lowest BCUT2D eigenvalue weighted by Gasteiger charge is -2.29. The molecule has 0 aromatic heterocycles. The van der Waals surface area contributed by atoms with Crippen LogP contribution in [0.25, 0.3) is 0 Å². The maximum absolute atomic E-state index is 12.2. The number of amides is 1. The summed E-state index contributed by atoms with van der Waals surface area (Å²) >= 11 is 0. The number of anilines is 1. The molecule has 3 heteroatoms. The Morgan fingerprint density at radius 1 is 1.39 bits per heavy atom. The highest BCUT2D eigenvalue weighted by Gasteiger charge is 2.23. The molecule has 0 unspecified atom stereocenters. The Morgan fingerprint density at radius 3 is 2.50 bits per heavy atom. The van der Waals surface area contributed by atoms with E-state index in [9.17, 15) is 4.79 Å². The average Bonchev–Trinajstić information content (AvgIpc) is 2.26. The SMILES string of the molecule is Cc1cccc(N)c1C(=O)NCC(C)(C)C(C)C. The molecule has 1 rings (SSSR count). The van der Waals surface area contributed by atoms with Gasteiger partial charge in [-0.05, 0) is 29.9 Å². The first-order valence-electron chi connectivity index (χ1n) is 6.39. The molecule has 0 saturated carbocycles. The number of hydrogen-bond acceptors (Lipinski definition) is 2. The minimum atomic E-state index is -0.0840.